The number of aromatic nitrogens is 2. The minimum atomic E-state index is 1.23. The van der Waals surface area contributed by atoms with Crippen LogP contribution in [0.25, 0.3) is 21.8 Å². The first-order chi connectivity index (χ1) is 7.27. The molecule has 0 aliphatic rings. The number of benzene rings is 1. The van der Waals surface area contributed by atoms with Crippen LogP contribution in [-0.2, 0) is 7.05 Å². The van der Waals surface area contributed by atoms with Gasteiger partial charge < -0.3 is 4.57 Å². The van der Waals surface area contributed by atoms with E-state index in [9.17, 15) is 0 Å². The van der Waals surface area contributed by atoms with Crippen molar-refractivity contribution in [2.75, 3.05) is 0 Å². The van der Waals surface area contributed by atoms with E-state index in [1.807, 2.05) is 12.4 Å². The third-order valence-electron chi connectivity index (χ3n) is 2.96. The molecule has 0 amide bonds. The molecule has 3 aromatic rings. The molecule has 0 saturated heterocycles. The van der Waals surface area contributed by atoms with Gasteiger partial charge in [-0.15, -0.1) is 0 Å². The minimum Gasteiger partial charge on any atom is -0.344 e. The van der Waals surface area contributed by atoms with Crippen molar-refractivity contribution >= 4 is 35.1 Å². The maximum atomic E-state index is 4.19. The average molecular weight is 194 g/mol. The Kier molecular flexibility index (Phi) is 1.63. The molecular formula is C12H11BN2. The van der Waals surface area contributed by atoms with Crippen molar-refractivity contribution in [2.45, 2.75) is 0 Å². The van der Waals surface area contributed by atoms with E-state index in [4.69, 9.17) is 0 Å². The van der Waals surface area contributed by atoms with Gasteiger partial charge in [0.05, 0.1) is 5.52 Å². The highest BCUT2D eigenvalue weighted by Gasteiger charge is 2.06. The highest BCUT2D eigenvalue weighted by molar-refractivity contribution is 6.33. The van der Waals surface area contributed by atoms with Gasteiger partial charge in [-0.3, -0.25) is 4.98 Å². The molecule has 0 unspecified atom stereocenters. The lowest BCUT2D eigenvalue weighted by molar-refractivity contribution is 1.01. The van der Waals surface area contributed by atoms with Gasteiger partial charge in [-0.25, -0.2) is 0 Å². The molecule has 0 spiro atoms. The zero-order valence-corrected chi connectivity index (χ0v) is 8.86. The normalized spacial score (nSPS) is 11.3. The van der Waals surface area contributed by atoms with Gasteiger partial charge in [-0.2, -0.15) is 0 Å². The zero-order chi connectivity index (χ0) is 10.4. The number of hydrogen-bond acceptors (Lipinski definition) is 1. The first-order valence-corrected chi connectivity index (χ1v) is 5.06. The second-order valence-corrected chi connectivity index (χ2v) is 3.97. The molecule has 2 aromatic heterocycles. The standard InChI is InChI=1S/C12H11BN2/c1-15-11-4-5-14-7-10(11)9-3-2-8(13)6-12(9)15/h2-7H,13H2,1H3. The molecule has 0 saturated carbocycles. The van der Waals surface area contributed by atoms with Gasteiger partial charge in [-0.05, 0) is 12.1 Å². The van der Waals surface area contributed by atoms with Crippen LogP contribution < -0.4 is 5.46 Å². The predicted molar refractivity (Wildman–Crippen MR) is 66.4 cm³/mol. The summed E-state index contributed by atoms with van der Waals surface area (Å²) < 4.78 is 2.22. The van der Waals surface area contributed by atoms with Gasteiger partial charge in [0.25, 0.3) is 0 Å². The van der Waals surface area contributed by atoms with Crippen LogP contribution in [0.2, 0.25) is 0 Å². The van der Waals surface area contributed by atoms with E-state index in [0.717, 1.165) is 0 Å². The summed E-state index contributed by atoms with van der Waals surface area (Å²) in [6.45, 7) is 0. The van der Waals surface area contributed by atoms with Crippen molar-refractivity contribution in [3.63, 3.8) is 0 Å². The maximum Gasteiger partial charge on any atom is 0.139 e. The summed E-state index contributed by atoms with van der Waals surface area (Å²) in [5, 5.41) is 2.52. The molecule has 0 bridgehead atoms. The summed E-state index contributed by atoms with van der Waals surface area (Å²) in [6, 6.07) is 8.60. The van der Waals surface area contributed by atoms with Crippen LogP contribution in [0.5, 0.6) is 0 Å². The van der Waals surface area contributed by atoms with Crippen molar-refractivity contribution in [3.8, 4) is 0 Å². The fourth-order valence-electron chi connectivity index (χ4n) is 2.16. The fraction of sp³-hybridized carbons (Fsp3) is 0.0833. The van der Waals surface area contributed by atoms with Crippen molar-refractivity contribution in [2.24, 2.45) is 7.05 Å². The summed E-state index contributed by atoms with van der Waals surface area (Å²) in [6.07, 6.45) is 3.78. The van der Waals surface area contributed by atoms with Crippen LogP contribution in [-0.4, -0.2) is 17.4 Å². The van der Waals surface area contributed by atoms with Gasteiger partial charge in [0.1, 0.15) is 7.85 Å². The minimum absolute atomic E-state index is 1.23. The molecule has 0 atom stereocenters. The summed E-state index contributed by atoms with van der Waals surface area (Å²) in [4.78, 5) is 4.19. The van der Waals surface area contributed by atoms with E-state index in [0.29, 0.717) is 0 Å². The molecule has 0 fully saturated rings. The van der Waals surface area contributed by atoms with Crippen LogP contribution in [0.3, 0.4) is 0 Å². The lowest BCUT2D eigenvalue weighted by Gasteiger charge is -1.97. The van der Waals surface area contributed by atoms with E-state index in [2.05, 4.69) is 48.7 Å². The van der Waals surface area contributed by atoms with Crippen LogP contribution in [0.4, 0.5) is 0 Å². The maximum absolute atomic E-state index is 4.19. The largest absolute Gasteiger partial charge is 0.344 e. The molecule has 0 aliphatic heterocycles. The molecule has 0 radical (unpaired) electrons. The van der Waals surface area contributed by atoms with Crippen LogP contribution in [0.1, 0.15) is 0 Å². The first kappa shape index (κ1) is 8.54. The molecule has 1 aromatic carbocycles. The number of fused-ring (bicyclic) bond motifs is 3. The molecule has 72 valence electrons. The Labute approximate surface area is 89.0 Å². The van der Waals surface area contributed by atoms with Gasteiger partial charge in [0.15, 0.2) is 0 Å². The Balaban J connectivity index is 2.63. The third kappa shape index (κ3) is 1.09. The van der Waals surface area contributed by atoms with E-state index < -0.39 is 0 Å². The lowest BCUT2D eigenvalue weighted by atomic mass is 9.95. The molecule has 3 rings (SSSR count). The quantitative estimate of drug-likeness (QED) is 0.488. The highest BCUT2D eigenvalue weighted by Crippen LogP contribution is 2.25. The van der Waals surface area contributed by atoms with Crippen LogP contribution in [0.15, 0.2) is 36.7 Å². The summed E-state index contributed by atoms with van der Waals surface area (Å²) in [5.74, 6) is 0. The van der Waals surface area contributed by atoms with Gasteiger partial charge in [-0.1, -0.05) is 17.6 Å². The number of hydrogen-bond donors (Lipinski definition) is 0. The van der Waals surface area contributed by atoms with E-state index in [1.54, 1.807) is 0 Å². The first-order valence-electron chi connectivity index (χ1n) is 5.06. The van der Waals surface area contributed by atoms with Crippen molar-refractivity contribution in [1.82, 2.24) is 9.55 Å². The highest BCUT2D eigenvalue weighted by atomic mass is 14.9. The van der Waals surface area contributed by atoms with E-state index in [-0.39, 0.29) is 0 Å². The number of pyridine rings is 1. The topological polar surface area (TPSA) is 17.8 Å². The van der Waals surface area contributed by atoms with Crippen molar-refractivity contribution in [1.29, 1.82) is 0 Å². The Bertz CT molecular complexity index is 655. The van der Waals surface area contributed by atoms with Gasteiger partial charge in [0.2, 0.25) is 0 Å². The molecule has 3 heteroatoms. The summed E-state index contributed by atoms with van der Waals surface area (Å²) in [5.41, 5.74) is 3.81. The van der Waals surface area contributed by atoms with E-state index in [1.165, 1.54) is 27.3 Å². The Morgan fingerprint density at radius 1 is 1.13 bits per heavy atom. The third-order valence-corrected chi connectivity index (χ3v) is 2.96. The average Bonchev–Trinajstić information content (AvgIpc) is 2.54. The van der Waals surface area contributed by atoms with Crippen LogP contribution >= 0.6 is 0 Å². The number of rotatable bonds is 0. The summed E-state index contributed by atoms with van der Waals surface area (Å²) in [7, 11) is 4.22. The van der Waals surface area contributed by atoms with Crippen LogP contribution in [0, 0.1) is 0 Å². The van der Waals surface area contributed by atoms with E-state index >= 15 is 0 Å². The Morgan fingerprint density at radius 2 is 2.00 bits per heavy atom. The second kappa shape index (κ2) is 2.86. The van der Waals surface area contributed by atoms with Gasteiger partial charge >= 0.3 is 0 Å². The van der Waals surface area contributed by atoms with Crippen molar-refractivity contribution < 1.29 is 0 Å². The SMILES string of the molecule is Bc1ccc2c3cnccc3n(C)c2c1. The molecule has 2 heterocycles. The molecular weight excluding hydrogens is 183 g/mol. The van der Waals surface area contributed by atoms with Crippen molar-refractivity contribution in [3.05, 3.63) is 36.7 Å². The Morgan fingerprint density at radius 3 is 2.87 bits per heavy atom. The number of aryl methyl sites for hydroxylation is 1. The zero-order valence-electron chi connectivity index (χ0n) is 8.86. The molecule has 2 nitrogen and oxygen atoms in total. The smallest absolute Gasteiger partial charge is 0.139 e. The second-order valence-electron chi connectivity index (χ2n) is 3.97. The molecule has 0 aliphatic carbocycles. The van der Waals surface area contributed by atoms with Gasteiger partial charge in [0, 0.05) is 35.7 Å². The molecule has 15 heavy (non-hydrogen) atoms. The predicted octanol–water partition coefficient (Wildman–Crippen LogP) is 0.985. The lowest BCUT2D eigenvalue weighted by Crippen LogP contribution is -2.00. The molecule has 0 N–H and O–H groups in total. The monoisotopic (exact) mass is 194 g/mol. The Hall–Kier alpha value is -1.77. The number of nitrogens with zero attached hydrogens (tertiary/aromatic N) is 2. The summed E-state index contributed by atoms with van der Waals surface area (Å²) >= 11 is 0. The fourth-order valence-corrected chi connectivity index (χ4v) is 2.16.